The number of carbonyl (C=O) groups excluding carboxylic acids is 1. The molecule has 6 aromatic carbocycles. The van der Waals surface area contributed by atoms with E-state index in [9.17, 15) is 4.79 Å². The first-order valence-electron chi connectivity index (χ1n) is 16.9. The monoisotopic (exact) mass is 653 g/mol. The molecule has 246 valence electrons. The zero-order valence-electron chi connectivity index (χ0n) is 28.0. The van der Waals surface area contributed by atoms with E-state index in [4.69, 9.17) is 9.72 Å². The minimum atomic E-state index is -0.868. The number of imidazole rings is 1. The number of hydrogen-bond donors (Lipinski definition) is 1. The predicted molar refractivity (Wildman–Crippen MR) is 199 cm³/mol. The van der Waals surface area contributed by atoms with Crippen LogP contribution in [0.2, 0.25) is 0 Å². The average molecular weight is 654 g/mol. The number of benzene rings is 6. The van der Waals surface area contributed by atoms with Gasteiger partial charge in [0.15, 0.2) is 0 Å². The van der Waals surface area contributed by atoms with E-state index in [2.05, 4.69) is 125 Å². The van der Waals surface area contributed by atoms with Gasteiger partial charge in [-0.1, -0.05) is 182 Å². The van der Waals surface area contributed by atoms with Gasteiger partial charge in [0.05, 0.1) is 24.7 Å². The zero-order valence-corrected chi connectivity index (χ0v) is 28.0. The summed E-state index contributed by atoms with van der Waals surface area (Å²) in [6, 6.07) is 61.6. The molecule has 1 atom stereocenters. The zero-order chi connectivity index (χ0) is 34.2. The molecule has 1 unspecified atom stereocenters. The number of hydrogen-bond acceptors (Lipinski definition) is 4. The second kappa shape index (κ2) is 14.6. The molecule has 0 amide bonds. The number of nitrogens with zero attached hydrogens (tertiary/aromatic N) is 2. The van der Waals surface area contributed by atoms with Gasteiger partial charge in [-0.25, -0.2) is 4.98 Å². The van der Waals surface area contributed by atoms with Crippen LogP contribution in [-0.2, 0) is 27.0 Å². The van der Waals surface area contributed by atoms with Crippen molar-refractivity contribution >= 4 is 5.97 Å². The highest BCUT2D eigenvalue weighted by Gasteiger charge is 2.42. The summed E-state index contributed by atoms with van der Waals surface area (Å²) in [5.74, 6) is -0.368. The van der Waals surface area contributed by atoms with Crippen molar-refractivity contribution < 1.29 is 9.53 Å². The molecule has 0 aliphatic heterocycles. The highest BCUT2D eigenvalue weighted by atomic mass is 16.5. The van der Waals surface area contributed by atoms with Gasteiger partial charge in [0.25, 0.3) is 0 Å². The van der Waals surface area contributed by atoms with Crippen LogP contribution in [0.1, 0.15) is 39.1 Å². The summed E-state index contributed by atoms with van der Waals surface area (Å²) in [7, 11) is 1.44. The Morgan fingerprint density at radius 2 is 0.920 bits per heavy atom. The maximum absolute atomic E-state index is 13.8. The largest absolute Gasteiger partial charge is 0.468 e. The minimum absolute atomic E-state index is 0.294. The molecular weight excluding hydrogens is 615 g/mol. The van der Waals surface area contributed by atoms with Crippen LogP contribution in [0.4, 0.5) is 0 Å². The molecule has 0 bridgehead atoms. The van der Waals surface area contributed by atoms with Crippen molar-refractivity contribution in [3.63, 3.8) is 0 Å². The normalized spacial score (nSPS) is 12.3. The first-order chi connectivity index (χ1) is 24.7. The van der Waals surface area contributed by atoms with Gasteiger partial charge in [0, 0.05) is 12.6 Å². The Kier molecular flexibility index (Phi) is 9.50. The standard InChI is InChI=1S/C45H39N3O2/c1-50-43(49)42(47-44(35-20-8-2-9-21-35,36-22-10-3-11-23-36)37-24-12-4-13-25-37)32-41-33-48(34-46-41)45(38-26-14-5-15-27-38,39-28-16-6-17-29-39)40-30-18-7-19-31-40/h2-31,33-34,42,47H,32H2,1H3. The van der Waals surface area contributed by atoms with Crippen LogP contribution < -0.4 is 5.32 Å². The fourth-order valence-corrected chi connectivity index (χ4v) is 7.26. The lowest BCUT2D eigenvalue weighted by Crippen LogP contribution is -2.53. The van der Waals surface area contributed by atoms with E-state index in [1.54, 1.807) is 0 Å². The van der Waals surface area contributed by atoms with E-state index < -0.39 is 17.1 Å². The number of aromatic nitrogens is 2. The Bertz CT molecular complexity index is 1910. The fraction of sp³-hybridized carbons (Fsp3) is 0.111. The van der Waals surface area contributed by atoms with E-state index in [0.29, 0.717) is 6.42 Å². The highest BCUT2D eigenvalue weighted by Crippen LogP contribution is 2.41. The fourth-order valence-electron chi connectivity index (χ4n) is 7.26. The van der Waals surface area contributed by atoms with Crippen molar-refractivity contribution in [3.8, 4) is 0 Å². The predicted octanol–water partition coefficient (Wildman–Crippen LogP) is 8.39. The lowest BCUT2D eigenvalue weighted by Gasteiger charge is -2.39. The van der Waals surface area contributed by atoms with E-state index >= 15 is 0 Å². The number of nitrogens with one attached hydrogen (secondary N) is 1. The van der Waals surface area contributed by atoms with E-state index in [1.165, 1.54) is 7.11 Å². The molecular formula is C45H39N3O2. The third-order valence-electron chi connectivity index (χ3n) is 9.51. The first-order valence-corrected chi connectivity index (χ1v) is 16.9. The van der Waals surface area contributed by atoms with Gasteiger partial charge in [-0.2, -0.15) is 0 Å². The van der Waals surface area contributed by atoms with Gasteiger partial charge in [0.2, 0.25) is 0 Å². The molecule has 0 aliphatic carbocycles. The van der Waals surface area contributed by atoms with Gasteiger partial charge in [-0.15, -0.1) is 0 Å². The maximum atomic E-state index is 13.8. The number of esters is 1. The van der Waals surface area contributed by atoms with Crippen LogP contribution in [-0.4, -0.2) is 28.7 Å². The molecule has 0 radical (unpaired) electrons. The lowest BCUT2D eigenvalue weighted by molar-refractivity contribution is -0.143. The maximum Gasteiger partial charge on any atom is 0.323 e. The van der Waals surface area contributed by atoms with Gasteiger partial charge >= 0.3 is 5.97 Å². The molecule has 50 heavy (non-hydrogen) atoms. The van der Waals surface area contributed by atoms with E-state index in [1.807, 2.05) is 79.1 Å². The van der Waals surface area contributed by atoms with Crippen LogP contribution in [0.15, 0.2) is 195 Å². The van der Waals surface area contributed by atoms with Crippen LogP contribution in [0.5, 0.6) is 0 Å². The average Bonchev–Trinajstić information content (AvgIpc) is 3.67. The number of ether oxygens (including phenoxy) is 1. The number of carbonyl (C=O) groups is 1. The number of methoxy groups -OCH3 is 1. The van der Waals surface area contributed by atoms with Crippen LogP contribution in [0, 0.1) is 0 Å². The van der Waals surface area contributed by atoms with Crippen LogP contribution in [0.3, 0.4) is 0 Å². The van der Waals surface area contributed by atoms with Crippen molar-refractivity contribution in [1.82, 2.24) is 14.9 Å². The minimum Gasteiger partial charge on any atom is -0.468 e. The molecule has 7 rings (SSSR count). The van der Waals surface area contributed by atoms with Crippen LogP contribution in [0.25, 0.3) is 0 Å². The molecule has 5 nitrogen and oxygen atoms in total. The Balaban J connectivity index is 1.37. The summed E-state index contributed by atoms with van der Waals surface area (Å²) in [6.45, 7) is 0. The van der Waals surface area contributed by atoms with Crippen molar-refractivity contribution in [2.24, 2.45) is 0 Å². The van der Waals surface area contributed by atoms with Crippen LogP contribution >= 0.6 is 0 Å². The lowest BCUT2D eigenvalue weighted by atomic mass is 9.76. The highest BCUT2D eigenvalue weighted by molar-refractivity contribution is 5.76. The van der Waals surface area contributed by atoms with Crippen molar-refractivity contribution in [2.45, 2.75) is 23.5 Å². The second-order valence-electron chi connectivity index (χ2n) is 12.4. The third-order valence-corrected chi connectivity index (χ3v) is 9.51. The van der Waals surface area contributed by atoms with Crippen molar-refractivity contribution in [1.29, 1.82) is 0 Å². The summed E-state index contributed by atoms with van der Waals surface area (Å²) in [6.07, 6.45) is 4.25. The summed E-state index contributed by atoms with van der Waals surface area (Å²) < 4.78 is 7.66. The summed E-state index contributed by atoms with van der Waals surface area (Å²) in [5.41, 5.74) is 5.48. The summed E-state index contributed by atoms with van der Waals surface area (Å²) in [5, 5.41) is 3.83. The molecule has 5 heteroatoms. The molecule has 0 aliphatic rings. The number of rotatable bonds is 12. The van der Waals surface area contributed by atoms with Gasteiger partial charge in [-0.05, 0) is 33.4 Å². The van der Waals surface area contributed by atoms with E-state index in [-0.39, 0.29) is 5.97 Å². The molecule has 0 saturated carbocycles. The quantitative estimate of drug-likeness (QED) is 0.106. The Labute approximate surface area is 293 Å². The Hall–Kier alpha value is -6.04. The smallest absolute Gasteiger partial charge is 0.323 e. The Morgan fingerprint density at radius 1 is 0.580 bits per heavy atom. The SMILES string of the molecule is COC(=O)C(Cc1cn(C(c2ccccc2)(c2ccccc2)c2ccccc2)cn1)NC(c1ccccc1)(c1ccccc1)c1ccccc1. The summed E-state index contributed by atoms with van der Waals surface area (Å²) >= 11 is 0. The van der Waals surface area contributed by atoms with E-state index in [0.717, 1.165) is 39.1 Å². The topological polar surface area (TPSA) is 56.2 Å². The Morgan fingerprint density at radius 3 is 1.26 bits per heavy atom. The van der Waals surface area contributed by atoms with Crippen molar-refractivity contribution in [3.05, 3.63) is 234 Å². The third kappa shape index (κ3) is 6.04. The molecule has 1 aromatic heterocycles. The van der Waals surface area contributed by atoms with Gasteiger partial charge in [-0.3, -0.25) is 10.1 Å². The molecule has 0 fully saturated rings. The molecule has 1 N–H and O–H groups in total. The molecule has 0 saturated heterocycles. The second-order valence-corrected chi connectivity index (χ2v) is 12.4. The summed E-state index contributed by atoms with van der Waals surface area (Å²) in [4.78, 5) is 18.8. The first kappa shape index (κ1) is 32.5. The molecule has 0 spiro atoms. The molecule has 1 heterocycles. The van der Waals surface area contributed by atoms with Gasteiger partial charge < -0.3 is 9.30 Å². The van der Waals surface area contributed by atoms with Crippen molar-refractivity contribution in [2.75, 3.05) is 7.11 Å². The molecule has 7 aromatic rings. The van der Waals surface area contributed by atoms with Gasteiger partial charge in [0.1, 0.15) is 11.6 Å².